The van der Waals surface area contributed by atoms with Crippen molar-refractivity contribution in [2.75, 3.05) is 13.1 Å². The van der Waals surface area contributed by atoms with Crippen LogP contribution in [-0.2, 0) is 48.0 Å². The molecule has 6 amide bonds. The summed E-state index contributed by atoms with van der Waals surface area (Å²) in [6.45, 7) is 13.6. The van der Waals surface area contributed by atoms with Gasteiger partial charge in [-0.25, -0.2) is 4.79 Å². The van der Waals surface area contributed by atoms with Gasteiger partial charge in [-0.1, -0.05) is 88.7 Å². The number of phenols is 2. The van der Waals surface area contributed by atoms with Gasteiger partial charge in [0.05, 0.1) is 0 Å². The van der Waals surface area contributed by atoms with Gasteiger partial charge in [-0.15, -0.1) is 0 Å². The Morgan fingerprint density at radius 2 is 1.02 bits per heavy atom. The van der Waals surface area contributed by atoms with Crippen LogP contribution in [0.4, 0.5) is 4.79 Å². The number of amides is 6. The van der Waals surface area contributed by atoms with E-state index in [1.54, 1.807) is 81.1 Å². The van der Waals surface area contributed by atoms with E-state index in [1.807, 2.05) is 26.8 Å². The van der Waals surface area contributed by atoms with Gasteiger partial charge >= 0.3 is 6.09 Å². The Morgan fingerprint density at radius 3 is 1.44 bits per heavy atom. The van der Waals surface area contributed by atoms with Gasteiger partial charge in [-0.05, 0) is 92.8 Å². The molecule has 1 fully saturated rings. The van der Waals surface area contributed by atoms with Gasteiger partial charge in [0.15, 0.2) is 0 Å². The Hall–Kier alpha value is -6.12. The van der Waals surface area contributed by atoms with E-state index in [9.17, 15) is 39.0 Å². The highest BCUT2D eigenvalue weighted by Gasteiger charge is 2.36. The predicted octanol–water partition coefficient (Wildman–Crippen LogP) is 4.67. The Morgan fingerprint density at radius 1 is 0.587 bits per heavy atom. The molecule has 1 aliphatic rings. The molecular formula is C48H66N6O9. The smallest absolute Gasteiger partial charge is 0.408 e. The number of benzene rings is 3. The maximum absolute atomic E-state index is 14.6. The van der Waals surface area contributed by atoms with E-state index in [2.05, 4.69) is 26.6 Å². The molecule has 1 aliphatic heterocycles. The molecule has 15 nitrogen and oxygen atoms in total. The number of nitrogens with zero attached hydrogens (tertiary/aromatic N) is 1. The summed E-state index contributed by atoms with van der Waals surface area (Å²) in [4.78, 5) is 85.7. The molecule has 0 spiro atoms. The van der Waals surface area contributed by atoms with Gasteiger partial charge in [-0.3, -0.25) is 24.0 Å². The number of likely N-dealkylation sites (tertiary alicyclic amines) is 1. The SMILES string of the molecule is CC[C@H](C)[C@H](NC(=O)OC(C)(C)C)C(=O)N[C@@H](Cc1ccccc1)C(=O)N[C@@H](Cc1ccc(O)cc1)C(=O)N[C@@H](Cc1ccc(O)cc1)C(=O)N[C@H](C(=O)N1CCCCC1)C(C)C. The van der Waals surface area contributed by atoms with E-state index in [0.29, 0.717) is 36.2 Å². The number of hydrogen-bond donors (Lipinski definition) is 7. The molecule has 63 heavy (non-hydrogen) atoms. The Kier molecular flexibility index (Phi) is 18.4. The lowest BCUT2D eigenvalue weighted by Gasteiger charge is -2.33. The van der Waals surface area contributed by atoms with Gasteiger partial charge in [0.1, 0.15) is 47.3 Å². The second-order valence-corrected chi connectivity index (χ2v) is 17.7. The minimum atomic E-state index is -1.31. The van der Waals surface area contributed by atoms with Crippen LogP contribution in [0.5, 0.6) is 11.5 Å². The molecular weight excluding hydrogens is 805 g/mol. The van der Waals surface area contributed by atoms with Crippen molar-refractivity contribution in [3.63, 3.8) is 0 Å². The van der Waals surface area contributed by atoms with E-state index in [4.69, 9.17) is 4.74 Å². The molecule has 3 aromatic carbocycles. The lowest BCUT2D eigenvalue weighted by atomic mass is 9.97. The molecule has 0 unspecified atom stereocenters. The molecule has 4 rings (SSSR count). The minimum absolute atomic E-state index is 0.00489. The number of hydrogen-bond acceptors (Lipinski definition) is 9. The first-order valence-corrected chi connectivity index (χ1v) is 21.9. The molecule has 342 valence electrons. The summed E-state index contributed by atoms with van der Waals surface area (Å²) in [5.74, 6) is -3.50. The number of nitrogens with one attached hydrogen (secondary N) is 5. The van der Waals surface area contributed by atoms with Crippen LogP contribution in [-0.4, -0.2) is 99.6 Å². The molecule has 1 saturated heterocycles. The first-order chi connectivity index (χ1) is 29.8. The molecule has 15 heteroatoms. The van der Waals surface area contributed by atoms with Crippen molar-refractivity contribution in [1.29, 1.82) is 0 Å². The summed E-state index contributed by atoms with van der Waals surface area (Å²) in [6, 6.07) is 15.6. The molecule has 0 saturated carbocycles. The minimum Gasteiger partial charge on any atom is -0.508 e. The number of carbonyl (C=O) groups excluding carboxylic acids is 6. The maximum atomic E-state index is 14.6. The van der Waals surface area contributed by atoms with Gasteiger partial charge in [0, 0.05) is 32.4 Å². The van der Waals surface area contributed by atoms with Crippen LogP contribution < -0.4 is 26.6 Å². The summed E-state index contributed by atoms with van der Waals surface area (Å²) < 4.78 is 5.44. The van der Waals surface area contributed by atoms with Crippen molar-refractivity contribution in [2.24, 2.45) is 11.8 Å². The van der Waals surface area contributed by atoms with Gasteiger partial charge in [0.2, 0.25) is 29.5 Å². The van der Waals surface area contributed by atoms with Crippen molar-refractivity contribution in [1.82, 2.24) is 31.5 Å². The van der Waals surface area contributed by atoms with Crippen LogP contribution in [0.15, 0.2) is 78.9 Å². The summed E-state index contributed by atoms with van der Waals surface area (Å²) in [5, 5.41) is 34.0. The van der Waals surface area contributed by atoms with E-state index in [0.717, 1.165) is 19.3 Å². The van der Waals surface area contributed by atoms with Crippen molar-refractivity contribution >= 4 is 35.6 Å². The van der Waals surface area contributed by atoms with E-state index in [-0.39, 0.29) is 48.5 Å². The molecule has 0 bridgehead atoms. The van der Waals surface area contributed by atoms with Crippen LogP contribution in [0.25, 0.3) is 0 Å². The summed E-state index contributed by atoms with van der Waals surface area (Å²) in [6.07, 6.45) is 2.42. The lowest BCUT2D eigenvalue weighted by Crippen LogP contribution is -2.61. The quantitative estimate of drug-likeness (QED) is 0.0890. The largest absolute Gasteiger partial charge is 0.508 e. The molecule has 1 heterocycles. The third kappa shape index (κ3) is 15.9. The van der Waals surface area contributed by atoms with E-state index < -0.39 is 65.5 Å². The molecule has 3 aromatic rings. The molecule has 6 atom stereocenters. The van der Waals surface area contributed by atoms with E-state index in [1.165, 1.54) is 24.3 Å². The van der Waals surface area contributed by atoms with E-state index >= 15 is 0 Å². The lowest BCUT2D eigenvalue weighted by molar-refractivity contribution is -0.139. The highest BCUT2D eigenvalue weighted by atomic mass is 16.6. The normalized spacial score (nSPS) is 15.7. The van der Waals surface area contributed by atoms with Gasteiger partial charge in [-0.2, -0.15) is 0 Å². The van der Waals surface area contributed by atoms with Crippen molar-refractivity contribution < 1.29 is 43.7 Å². The number of piperidine rings is 1. The zero-order valence-electron chi connectivity index (χ0n) is 37.6. The second kappa shape index (κ2) is 23.4. The van der Waals surface area contributed by atoms with Crippen LogP contribution in [0.1, 0.15) is 90.8 Å². The number of carbonyl (C=O) groups is 6. The number of alkyl carbamates (subject to hydrolysis) is 1. The summed E-state index contributed by atoms with van der Waals surface area (Å²) in [5.41, 5.74) is 1.06. The topological polar surface area (TPSA) is 216 Å². The standard InChI is InChI=1S/C48H66N6O9/c1-8-31(4)41(53-47(62)63-48(5,6)7)45(60)51-38(27-32-15-11-9-12-16-32)43(58)49-37(28-33-17-21-35(55)22-18-33)42(57)50-39(29-34-19-23-36(56)24-20-34)44(59)52-40(30(2)3)46(61)54-25-13-10-14-26-54/h9,11-12,15-24,30-31,37-41,55-56H,8,10,13-14,25-29H2,1-7H3,(H,49,58)(H,50,57)(H,51,60)(H,52,59)(H,53,62)/t31-,37-,38-,39-,40-,41-/m0/s1. The Bertz CT molecular complexity index is 1980. The first-order valence-electron chi connectivity index (χ1n) is 21.9. The van der Waals surface area contributed by atoms with Crippen molar-refractivity contribution in [3.05, 3.63) is 95.6 Å². The number of rotatable bonds is 19. The molecule has 7 N–H and O–H groups in total. The number of ether oxygens (including phenoxy) is 1. The Balaban J connectivity index is 1.67. The number of phenolic OH excluding ortho intramolecular Hbond substituents is 2. The fourth-order valence-electron chi connectivity index (χ4n) is 7.23. The summed E-state index contributed by atoms with van der Waals surface area (Å²) in [7, 11) is 0. The van der Waals surface area contributed by atoms with Crippen molar-refractivity contribution in [3.8, 4) is 11.5 Å². The predicted molar refractivity (Wildman–Crippen MR) is 239 cm³/mol. The maximum Gasteiger partial charge on any atom is 0.408 e. The highest BCUT2D eigenvalue weighted by Crippen LogP contribution is 2.18. The average molecular weight is 871 g/mol. The van der Waals surface area contributed by atoms with Gasteiger partial charge in [0.25, 0.3) is 0 Å². The number of aromatic hydroxyl groups is 2. The summed E-state index contributed by atoms with van der Waals surface area (Å²) >= 11 is 0. The average Bonchev–Trinajstić information content (AvgIpc) is 3.24. The van der Waals surface area contributed by atoms with Crippen LogP contribution in [0, 0.1) is 11.8 Å². The van der Waals surface area contributed by atoms with Crippen LogP contribution in [0.2, 0.25) is 0 Å². The fraction of sp³-hybridized carbons (Fsp3) is 0.500. The van der Waals surface area contributed by atoms with Crippen LogP contribution >= 0.6 is 0 Å². The first kappa shape index (κ1) is 49.5. The molecule has 0 aromatic heterocycles. The van der Waals surface area contributed by atoms with Crippen LogP contribution in [0.3, 0.4) is 0 Å². The van der Waals surface area contributed by atoms with Gasteiger partial charge < -0.3 is 46.4 Å². The second-order valence-electron chi connectivity index (χ2n) is 17.7. The third-order valence-electron chi connectivity index (χ3n) is 11.0. The highest BCUT2D eigenvalue weighted by molar-refractivity contribution is 5.96. The molecule has 0 aliphatic carbocycles. The monoisotopic (exact) mass is 870 g/mol. The zero-order valence-corrected chi connectivity index (χ0v) is 37.6. The molecule has 0 radical (unpaired) electrons. The third-order valence-corrected chi connectivity index (χ3v) is 11.0. The zero-order chi connectivity index (χ0) is 46.3. The Labute approximate surface area is 371 Å². The van der Waals surface area contributed by atoms with Crippen molar-refractivity contribution in [2.45, 2.75) is 129 Å². The fourth-order valence-corrected chi connectivity index (χ4v) is 7.23.